The lowest BCUT2D eigenvalue weighted by Gasteiger charge is -2.43. The lowest BCUT2D eigenvalue weighted by atomic mass is 9.91. The summed E-state index contributed by atoms with van der Waals surface area (Å²) < 4.78 is 18.7. The van der Waals surface area contributed by atoms with Gasteiger partial charge in [0, 0.05) is 12.3 Å². The van der Waals surface area contributed by atoms with Gasteiger partial charge in [0.1, 0.15) is 12.2 Å². The Balaban J connectivity index is 2.58. The Bertz CT molecular complexity index is 710. The average Bonchev–Trinajstić information content (AvgIpc) is 2.76. The zero-order valence-corrected chi connectivity index (χ0v) is 12.5. The molecule has 2 rings (SSSR count). The van der Waals surface area contributed by atoms with E-state index in [0.717, 1.165) is 23.8 Å². The van der Waals surface area contributed by atoms with Crippen LogP contribution in [0, 0.1) is 0 Å². The highest BCUT2D eigenvalue weighted by atomic mass is 19.1. The number of ether oxygens (including phenoxy) is 1. The lowest BCUT2D eigenvalue weighted by molar-refractivity contribution is -0.392. The van der Waals surface area contributed by atoms with E-state index in [0.29, 0.717) is 0 Å². The molecule has 1 aromatic heterocycles. The first-order valence-corrected chi connectivity index (χ1v) is 6.89. The Morgan fingerprint density at radius 3 is 2.62 bits per heavy atom. The van der Waals surface area contributed by atoms with E-state index >= 15 is 0 Å². The highest BCUT2D eigenvalue weighted by molar-refractivity contribution is 5.09. The minimum absolute atomic E-state index is 0.402. The summed E-state index contributed by atoms with van der Waals surface area (Å²) >= 11 is 0. The number of aliphatic hydroxyl groups excluding tert-OH is 2. The van der Waals surface area contributed by atoms with Crippen molar-refractivity contribution in [2.75, 3.05) is 13.4 Å². The summed E-state index contributed by atoms with van der Waals surface area (Å²) in [7, 11) is 0. The molecule has 1 aliphatic rings. The Morgan fingerprint density at radius 1 is 1.50 bits per heavy atom. The van der Waals surface area contributed by atoms with Crippen LogP contribution in [0.3, 0.4) is 0 Å². The van der Waals surface area contributed by atoms with Crippen molar-refractivity contribution in [3.63, 3.8) is 0 Å². The second-order valence-corrected chi connectivity index (χ2v) is 5.42. The van der Waals surface area contributed by atoms with Crippen molar-refractivity contribution in [1.82, 2.24) is 14.6 Å². The van der Waals surface area contributed by atoms with Crippen LogP contribution >= 0.6 is 0 Å². The molecular weight excluding hydrogens is 333 g/mol. The van der Waals surface area contributed by atoms with Crippen LogP contribution in [0.5, 0.6) is 0 Å². The molecule has 0 bridgehead atoms. The molecule has 1 fully saturated rings. The predicted octanol–water partition coefficient (Wildman–Crippen LogP) is -3.15. The number of aliphatic hydroxyl groups is 4. The molecule has 0 amide bonds. The van der Waals surface area contributed by atoms with Gasteiger partial charge in [0.25, 0.3) is 5.56 Å². The van der Waals surface area contributed by atoms with Crippen molar-refractivity contribution < 1.29 is 34.8 Å². The second-order valence-electron chi connectivity index (χ2n) is 5.42. The maximum atomic E-state index is 12.9. The first-order chi connectivity index (χ1) is 11.1. The van der Waals surface area contributed by atoms with Gasteiger partial charge in [-0.15, -0.1) is 5.06 Å². The third-order valence-corrected chi connectivity index (χ3v) is 4.14. The van der Waals surface area contributed by atoms with Crippen LogP contribution in [0.1, 0.15) is 13.0 Å². The summed E-state index contributed by atoms with van der Waals surface area (Å²) in [5, 5.41) is 49.7. The number of H-pyrrole nitrogens is 1. The van der Waals surface area contributed by atoms with Crippen molar-refractivity contribution in [2.24, 2.45) is 0 Å². The molecule has 2 heterocycles. The van der Waals surface area contributed by atoms with Crippen LogP contribution < -0.4 is 11.2 Å². The van der Waals surface area contributed by atoms with Crippen LogP contribution in [0.4, 0.5) is 4.39 Å². The minimum Gasteiger partial charge on any atom is -0.394 e. The molecule has 11 nitrogen and oxygen atoms in total. The molecule has 1 saturated heterocycles. The summed E-state index contributed by atoms with van der Waals surface area (Å²) in [6, 6.07) is -0.569. The van der Waals surface area contributed by atoms with E-state index < -0.39 is 59.5 Å². The van der Waals surface area contributed by atoms with Gasteiger partial charge in [-0.2, -0.15) is 0 Å². The van der Waals surface area contributed by atoms with Crippen molar-refractivity contribution in [3.8, 4) is 0 Å². The summed E-state index contributed by atoms with van der Waals surface area (Å²) in [6.45, 7) is -1.42. The molecule has 0 saturated carbocycles. The van der Waals surface area contributed by atoms with Crippen molar-refractivity contribution >= 4 is 0 Å². The number of nitrogens with zero attached hydrogens (tertiary/aromatic N) is 2. The molecule has 24 heavy (non-hydrogen) atoms. The number of aromatic nitrogens is 2. The number of hydroxylamine groups is 2. The molecule has 1 unspecified atom stereocenters. The number of rotatable bonds is 5. The fraction of sp³-hybridized carbons (Fsp3) is 0.667. The van der Waals surface area contributed by atoms with Gasteiger partial charge in [-0.25, -0.2) is 9.18 Å². The number of nitrogens with one attached hydrogen (secondary N) is 1. The monoisotopic (exact) mass is 351 g/mol. The largest absolute Gasteiger partial charge is 0.394 e. The van der Waals surface area contributed by atoms with Crippen molar-refractivity contribution in [3.05, 3.63) is 33.1 Å². The number of alkyl halides is 1. The SMILES string of the molecule is CC(n1ccc(=O)[nH]c1=O)[C@]1(O)O[C@H](CO)[C@@H](O)[C@]1(O)N(O)CF. The summed E-state index contributed by atoms with van der Waals surface area (Å²) in [4.78, 5) is 24.9. The molecule has 6 N–H and O–H groups in total. The van der Waals surface area contributed by atoms with Crippen LogP contribution in [0.15, 0.2) is 21.9 Å². The van der Waals surface area contributed by atoms with E-state index in [9.17, 15) is 39.6 Å². The third kappa shape index (κ3) is 2.48. The van der Waals surface area contributed by atoms with E-state index in [2.05, 4.69) is 0 Å². The van der Waals surface area contributed by atoms with Crippen LogP contribution in [0.2, 0.25) is 0 Å². The minimum atomic E-state index is -3.11. The molecule has 1 aliphatic heterocycles. The Kier molecular flexibility index (Phi) is 4.92. The van der Waals surface area contributed by atoms with E-state index in [-0.39, 0.29) is 0 Å². The number of hydrogen-bond donors (Lipinski definition) is 6. The van der Waals surface area contributed by atoms with Gasteiger partial charge in [0.15, 0.2) is 6.80 Å². The van der Waals surface area contributed by atoms with E-state index in [1.165, 1.54) is 0 Å². The number of aromatic amines is 1. The third-order valence-electron chi connectivity index (χ3n) is 4.14. The van der Waals surface area contributed by atoms with Gasteiger partial charge in [-0.05, 0) is 6.92 Å². The van der Waals surface area contributed by atoms with Gasteiger partial charge in [0.2, 0.25) is 11.5 Å². The van der Waals surface area contributed by atoms with Gasteiger partial charge < -0.3 is 30.4 Å². The summed E-state index contributed by atoms with van der Waals surface area (Å²) in [5.41, 5.74) is -4.82. The summed E-state index contributed by atoms with van der Waals surface area (Å²) in [5.74, 6) is -2.91. The van der Waals surface area contributed by atoms with Gasteiger partial charge in [0.05, 0.1) is 12.6 Å². The van der Waals surface area contributed by atoms with E-state index in [1.54, 1.807) is 0 Å². The second kappa shape index (κ2) is 6.33. The Labute approximate surface area is 133 Å². The first kappa shape index (κ1) is 18.7. The van der Waals surface area contributed by atoms with Gasteiger partial charge in [-0.1, -0.05) is 0 Å². The molecule has 5 atom stereocenters. The maximum Gasteiger partial charge on any atom is 0.328 e. The number of hydrogen-bond acceptors (Lipinski definition) is 9. The summed E-state index contributed by atoms with van der Waals surface area (Å²) in [6.07, 6.45) is -2.72. The molecule has 0 radical (unpaired) electrons. The topological polar surface area (TPSA) is 168 Å². The fourth-order valence-corrected chi connectivity index (χ4v) is 2.75. The molecule has 136 valence electrons. The van der Waals surface area contributed by atoms with E-state index in [4.69, 9.17) is 4.74 Å². The van der Waals surface area contributed by atoms with Gasteiger partial charge in [-0.3, -0.25) is 14.3 Å². The zero-order valence-electron chi connectivity index (χ0n) is 12.5. The zero-order chi connectivity index (χ0) is 18.3. The van der Waals surface area contributed by atoms with Gasteiger partial charge >= 0.3 is 5.69 Å². The molecule has 12 heteroatoms. The van der Waals surface area contributed by atoms with Crippen LogP contribution in [0.25, 0.3) is 0 Å². The molecule has 0 spiro atoms. The lowest BCUT2D eigenvalue weighted by Crippen LogP contribution is -2.68. The Morgan fingerprint density at radius 2 is 2.12 bits per heavy atom. The smallest absolute Gasteiger partial charge is 0.328 e. The maximum absolute atomic E-state index is 12.9. The Hall–Kier alpha value is -1.67. The van der Waals surface area contributed by atoms with Crippen molar-refractivity contribution in [2.45, 2.75) is 36.7 Å². The van der Waals surface area contributed by atoms with Crippen LogP contribution in [-0.2, 0) is 4.74 Å². The predicted molar refractivity (Wildman–Crippen MR) is 73.5 cm³/mol. The highest BCUT2D eigenvalue weighted by Gasteiger charge is 2.70. The number of halogens is 1. The quantitative estimate of drug-likeness (QED) is 0.182. The van der Waals surface area contributed by atoms with Crippen molar-refractivity contribution in [1.29, 1.82) is 0 Å². The standard InChI is InChI=1S/C12H18FN3O8/c1-6(15-3-2-8(18)14-10(15)20)12(22)11(21,16(23)5-13)9(19)7(4-17)24-12/h2-3,6-7,9,17,19,21-23H,4-5H2,1H3,(H,14,18,20)/t6?,7-,9-,11-,12+/m1/s1. The fourth-order valence-electron chi connectivity index (χ4n) is 2.75. The molecule has 0 aliphatic carbocycles. The van der Waals surface area contributed by atoms with Crippen LogP contribution in [-0.4, -0.2) is 77.4 Å². The van der Waals surface area contributed by atoms with E-state index in [1.807, 2.05) is 4.98 Å². The molecule has 1 aromatic rings. The molecule has 0 aromatic carbocycles. The molecular formula is C12H18FN3O8. The highest BCUT2D eigenvalue weighted by Crippen LogP contribution is 2.45. The first-order valence-electron chi connectivity index (χ1n) is 6.89. The average molecular weight is 351 g/mol. The normalized spacial score (nSPS) is 34.7.